The van der Waals surface area contributed by atoms with Gasteiger partial charge >= 0.3 is 5.97 Å². The smallest absolute Gasteiger partial charge is 0.337 e. The van der Waals surface area contributed by atoms with Crippen LogP contribution in [0.4, 0.5) is 4.39 Å². The lowest BCUT2D eigenvalue weighted by Gasteiger charge is -2.29. The molecule has 1 saturated heterocycles. The second-order valence-electron chi connectivity index (χ2n) is 4.79. The normalized spacial score (nSPS) is 16.6. The van der Waals surface area contributed by atoms with Crippen molar-refractivity contribution in [2.24, 2.45) is 0 Å². The number of ether oxygens (including phenoxy) is 2. The lowest BCUT2D eigenvalue weighted by atomic mass is 9.93. The average molecular weight is 323 g/mol. The molecule has 1 N–H and O–H groups in total. The van der Waals surface area contributed by atoms with E-state index in [0.717, 1.165) is 0 Å². The van der Waals surface area contributed by atoms with E-state index in [0.29, 0.717) is 18.8 Å². The Morgan fingerprint density at radius 2 is 1.77 bits per heavy atom. The van der Waals surface area contributed by atoms with E-state index in [4.69, 9.17) is 21.1 Å². The third-order valence-electron chi connectivity index (χ3n) is 3.50. The van der Waals surface area contributed by atoms with E-state index >= 15 is 0 Å². The average Bonchev–Trinajstić information content (AvgIpc) is 2.98. The molecule has 0 radical (unpaired) electrons. The molecule has 4 nitrogen and oxygen atoms in total. The number of hydrogen-bond acceptors (Lipinski definition) is 3. The molecular weight excluding hydrogens is 311 g/mol. The number of rotatable bonds is 3. The highest BCUT2D eigenvalue weighted by Crippen LogP contribution is 2.41. The molecule has 0 aromatic heterocycles. The van der Waals surface area contributed by atoms with Crippen LogP contribution in [0.25, 0.3) is 0 Å². The van der Waals surface area contributed by atoms with E-state index in [1.165, 1.54) is 30.3 Å². The van der Waals surface area contributed by atoms with Crippen LogP contribution in [-0.4, -0.2) is 24.3 Å². The van der Waals surface area contributed by atoms with Gasteiger partial charge in [0.25, 0.3) is 0 Å². The molecule has 0 amide bonds. The van der Waals surface area contributed by atoms with Gasteiger partial charge < -0.3 is 14.6 Å². The summed E-state index contributed by atoms with van der Waals surface area (Å²) in [6.45, 7) is 0.589. The summed E-state index contributed by atoms with van der Waals surface area (Å²) in [5.74, 6) is -2.98. The summed E-state index contributed by atoms with van der Waals surface area (Å²) in [6, 6.07) is 10.3. The lowest BCUT2D eigenvalue weighted by molar-refractivity contribution is -0.130. The third-order valence-corrected chi connectivity index (χ3v) is 3.82. The minimum Gasteiger partial charge on any atom is -0.478 e. The molecule has 0 unspecified atom stereocenters. The van der Waals surface area contributed by atoms with Gasteiger partial charge in [0.15, 0.2) is 0 Å². The molecule has 0 atom stereocenters. The third kappa shape index (κ3) is 2.37. The Hall–Kier alpha value is -1.95. The van der Waals surface area contributed by atoms with Gasteiger partial charge in [-0.3, -0.25) is 0 Å². The molecule has 1 heterocycles. The standard InChI is InChI=1S/C16H12ClFO4/c17-13-3-1-2-12(14(13)15(19)20)16(21-8-9-22-16)10-4-6-11(18)7-5-10/h1-7H,8-9H2,(H,19,20). The first-order valence-corrected chi connectivity index (χ1v) is 6.98. The number of halogens is 2. The van der Waals surface area contributed by atoms with E-state index in [-0.39, 0.29) is 16.1 Å². The first-order chi connectivity index (χ1) is 10.5. The number of carboxylic acids is 1. The Morgan fingerprint density at radius 3 is 2.36 bits per heavy atom. The van der Waals surface area contributed by atoms with Crippen molar-refractivity contribution in [1.29, 1.82) is 0 Å². The van der Waals surface area contributed by atoms with E-state index < -0.39 is 17.6 Å². The van der Waals surface area contributed by atoms with Crippen molar-refractivity contribution in [2.45, 2.75) is 5.79 Å². The maximum atomic E-state index is 13.2. The van der Waals surface area contributed by atoms with E-state index in [2.05, 4.69) is 0 Å². The van der Waals surface area contributed by atoms with Crippen LogP contribution >= 0.6 is 11.6 Å². The minimum absolute atomic E-state index is 0.0876. The fourth-order valence-electron chi connectivity index (χ4n) is 2.58. The van der Waals surface area contributed by atoms with Crippen LogP contribution in [-0.2, 0) is 15.3 Å². The van der Waals surface area contributed by atoms with E-state index in [9.17, 15) is 14.3 Å². The van der Waals surface area contributed by atoms with Crippen molar-refractivity contribution in [1.82, 2.24) is 0 Å². The first-order valence-electron chi connectivity index (χ1n) is 6.61. The Bertz CT molecular complexity index is 709. The van der Waals surface area contributed by atoms with Gasteiger partial charge in [-0.25, -0.2) is 9.18 Å². The molecule has 3 rings (SSSR count). The SMILES string of the molecule is O=C(O)c1c(Cl)cccc1C1(c2ccc(F)cc2)OCCO1. The lowest BCUT2D eigenvalue weighted by Crippen LogP contribution is -2.31. The Labute approximate surface area is 131 Å². The molecule has 0 aliphatic carbocycles. The van der Waals surface area contributed by atoms with E-state index in [1.54, 1.807) is 12.1 Å². The molecule has 1 aliphatic rings. The van der Waals surface area contributed by atoms with Gasteiger partial charge in [-0.15, -0.1) is 0 Å². The highest BCUT2D eigenvalue weighted by molar-refractivity contribution is 6.33. The van der Waals surface area contributed by atoms with Gasteiger partial charge in [0.1, 0.15) is 5.82 Å². The van der Waals surface area contributed by atoms with Crippen LogP contribution in [0, 0.1) is 5.82 Å². The second kappa shape index (κ2) is 5.68. The number of hydrogen-bond donors (Lipinski definition) is 1. The molecule has 2 aromatic carbocycles. The summed E-state index contributed by atoms with van der Waals surface area (Å²) in [6.07, 6.45) is 0. The zero-order valence-electron chi connectivity index (χ0n) is 11.4. The van der Waals surface area contributed by atoms with Gasteiger partial charge in [0.05, 0.1) is 23.8 Å². The molecule has 22 heavy (non-hydrogen) atoms. The summed E-state index contributed by atoms with van der Waals surface area (Å²) in [5, 5.41) is 9.55. The molecular formula is C16H12ClFO4. The van der Waals surface area contributed by atoms with Crippen LogP contribution in [0.2, 0.25) is 5.02 Å². The predicted octanol–water partition coefficient (Wildman–Crippen LogP) is 3.43. The summed E-state index contributed by atoms with van der Waals surface area (Å²) in [5.41, 5.74) is 0.711. The van der Waals surface area contributed by atoms with Crippen molar-refractivity contribution < 1.29 is 23.8 Å². The zero-order valence-corrected chi connectivity index (χ0v) is 12.1. The van der Waals surface area contributed by atoms with Gasteiger partial charge in [0, 0.05) is 11.1 Å². The van der Waals surface area contributed by atoms with E-state index in [1.807, 2.05) is 0 Å². The van der Waals surface area contributed by atoms with Crippen molar-refractivity contribution >= 4 is 17.6 Å². The summed E-state index contributed by atoms with van der Waals surface area (Å²) in [7, 11) is 0. The molecule has 114 valence electrons. The Kier molecular flexibility index (Phi) is 3.87. The summed E-state index contributed by atoms with van der Waals surface area (Å²) in [4.78, 5) is 11.6. The maximum Gasteiger partial charge on any atom is 0.337 e. The van der Waals surface area contributed by atoms with Crippen LogP contribution in [0.5, 0.6) is 0 Å². The predicted molar refractivity (Wildman–Crippen MR) is 77.5 cm³/mol. The van der Waals surface area contributed by atoms with Crippen LogP contribution < -0.4 is 0 Å². The van der Waals surface area contributed by atoms with Crippen molar-refractivity contribution in [3.05, 3.63) is 70.0 Å². The van der Waals surface area contributed by atoms with Crippen molar-refractivity contribution in [2.75, 3.05) is 13.2 Å². The van der Waals surface area contributed by atoms with Crippen LogP contribution in [0.3, 0.4) is 0 Å². The summed E-state index contributed by atoms with van der Waals surface area (Å²) < 4.78 is 24.6. The van der Waals surface area contributed by atoms with Crippen molar-refractivity contribution in [3.63, 3.8) is 0 Å². The van der Waals surface area contributed by atoms with Crippen molar-refractivity contribution in [3.8, 4) is 0 Å². The summed E-state index contributed by atoms with van der Waals surface area (Å²) >= 11 is 6.03. The number of carbonyl (C=O) groups is 1. The highest BCUT2D eigenvalue weighted by Gasteiger charge is 2.43. The second-order valence-corrected chi connectivity index (χ2v) is 5.20. The molecule has 1 fully saturated rings. The highest BCUT2D eigenvalue weighted by atomic mass is 35.5. The topological polar surface area (TPSA) is 55.8 Å². The molecule has 0 bridgehead atoms. The molecule has 0 saturated carbocycles. The van der Waals surface area contributed by atoms with Gasteiger partial charge in [-0.05, 0) is 18.2 Å². The van der Waals surface area contributed by atoms with Gasteiger partial charge in [-0.1, -0.05) is 35.9 Å². The fraction of sp³-hybridized carbons (Fsp3) is 0.188. The fourth-order valence-corrected chi connectivity index (χ4v) is 2.83. The Balaban J connectivity index is 2.23. The molecule has 1 aliphatic heterocycles. The van der Waals surface area contributed by atoms with Crippen LogP contribution in [0.1, 0.15) is 21.5 Å². The van der Waals surface area contributed by atoms with Gasteiger partial charge in [-0.2, -0.15) is 0 Å². The maximum absolute atomic E-state index is 13.2. The van der Waals surface area contributed by atoms with Crippen LogP contribution in [0.15, 0.2) is 42.5 Å². The molecule has 2 aromatic rings. The largest absolute Gasteiger partial charge is 0.478 e. The molecule has 0 spiro atoms. The monoisotopic (exact) mass is 322 g/mol. The quantitative estimate of drug-likeness (QED) is 0.940. The minimum atomic E-state index is -1.40. The number of benzene rings is 2. The van der Waals surface area contributed by atoms with Gasteiger partial charge in [0.2, 0.25) is 5.79 Å². The molecule has 6 heteroatoms. The number of aromatic carboxylic acids is 1. The zero-order chi connectivity index (χ0) is 15.7. The number of carboxylic acid groups (broad SMARTS) is 1. The Morgan fingerprint density at radius 1 is 1.14 bits per heavy atom. The first kappa shape index (κ1) is 15.0.